The first kappa shape index (κ1) is 14.2. The Balaban J connectivity index is 2.19. The van der Waals surface area contributed by atoms with Crippen molar-refractivity contribution in [3.8, 4) is 5.75 Å². The second-order valence-corrected chi connectivity index (χ2v) is 5.52. The normalized spacial score (nSPS) is 11.6. The van der Waals surface area contributed by atoms with Gasteiger partial charge >= 0.3 is 11.7 Å². The van der Waals surface area contributed by atoms with Gasteiger partial charge in [-0.1, -0.05) is 6.07 Å². The Morgan fingerprint density at radius 3 is 2.70 bits per heavy atom. The fourth-order valence-electron chi connectivity index (χ4n) is 1.89. The number of carbonyl (C=O) groups excluding carboxylic acids is 1. The van der Waals surface area contributed by atoms with E-state index in [0.29, 0.717) is 16.8 Å². The van der Waals surface area contributed by atoms with Gasteiger partial charge in [0.25, 0.3) is 0 Å². The zero-order chi connectivity index (χ0) is 14.9. The Bertz CT molecular complexity index is 691. The molecule has 0 radical (unpaired) electrons. The van der Waals surface area contributed by atoms with Gasteiger partial charge in [0.1, 0.15) is 16.9 Å². The fraction of sp³-hybridized carbons (Fsp3) is 0.429. The first-order chi connectivity index (χ1) is 9.28. The zero-order valence-electron chi connectivity index (χ0n) is 12.0. The van der Waals surface area contributed by atoms with Crippen LogP contribution in [0.1, 0.15) is 20.8 Å². The smallest absolute Gasteiger partial charge is 0.344 e. The van der Waals surface area contributed by atoms with Crippen LogP contribution in [0.5, 0.6) is 5.75 Å². The quantitative estimate of drug-likeness (QED) is 0.865. The number of nitrogens with one attached hydrogen (secondary N) is 1. The van der Waals surface area contributed by atoms with E-state index in [4.69, 9.17) is 9.47 Å². The predicted molar refractivity (Wildman–Crippen MR) is 74.9 cm³/mol. The van der Waals surface area contributed by atoms with E-state index in [9.17, 15) is 9.59 Å². The molecule has 0 bridgehead atoms. The van der Waals surface area contributed by atoms with Gasteiger partial charge in [0.05, 0.1) is 5.52 Å². The van der Waals surface area contributed by atoms with Gasteiger partial charge < -0.3 is 14.5 Å². The summed E-state index contributed by atoms with van der Waals surface area (Å²) in [5.74, 6) is 0.0178. The van der Waals surface area contributed by atoms with Crippen molar-refractivity contribution in [3.63, 3.8) is 0 Å². The molecule has 108 valence electrons. The molecule has 6 heteroatoms. The minimum Gasteiger partial charge on any atom is -0.480 e. The molecule has 1 aromatic heterocycles. The molecule has 2 aromatic rings. The number of nitrogens with zero attached hydrogens (tertiary/aromatic N) is 1. The molecule has 1 N–H and O–H groups in total. The molecule has 0 saturated carbocycles. The number of esters is 1. The third-order valence-corrected chi connectivity index (χ3v) is 2.65. The summed E-state index contributed by atoms with van der Waals surface area (Å²) in [5.41, 5.74) is 0.515. The Kier molecular flexibility index (Phi) is 3.57. The SMILES string of the molecule is Cn1c(=O)[nH]c2cccc(OCC(=O)OC(C)(C)C)c21. The number of ether oxygens (including phenoxy) is 2. The Morgan fingerprint density at radius 2 is 2.05 bits per heavy atom. The summed E-state index contributed by atoms with van der Waals surface area (Å²) in [6, 6.07) is 5.24. The maximum Gasteiger partial charge on any atom is 0.344 e. The second-order valence-electron chi connectivity index (χ2n) is 5.52. The van der Waals surface area contributed by atoms with Crippen molar-refractivity contribution in [1.82, 2.24) is 9.55 Å². The summed E-state index contributed by atoms with van der Waals surface area (Å²) in [7, 11) is 1.64. The zero-order valence-corrected chi connectivity index (χ0v) is 12.0. The Hall–Kier alpha value is -2.24. The lowest BCUT2D eigenvalue weighted by Crippen LogP contribution is -2.27. The Morgan fingerprint density at radius 1 is 1.35 bits per heavy atom. The number of rotatable bonds is 3. The number of aromatic amines is 1. The van der Waals surface area contributed by atoms with Gasteiger partial charge in [-0.3, -0.25) is 4.57 Å². The first-order valence-electron chi connectivity index (χ1n) is 6.30. The van der Waals surface area contributed by atoms with Crippen LogP contribution < -0.4 is 10.4 Å². The third-order valence-electron chi connectivity index (χ3n) is 2.65. The molecule has 0 aliphatic rings. The van der Waals surface area contributed by atoms with Crippen LogP contribution >= 0.6 is 0 Å². The molecule has 1 heterocycles. The molecule has 0 saturated heterocycles. The number of aromatic nitrogens is 2. The van der Waals surface area contributed by atoms with Crippen LogP contribution in [0.3, 0.4) is 0 Å². The number of hydrogen-bond donors (Lipinski definition) is 1. The summed E-state index contributed by atoms with van der Waals surface area (Å²) in [5, 5.41) is 0. The molecule has 0 unspecified atom stereocenters. The first-order valence-corrected chi connectivity index (χ1v) is 6.30. The van der Waals surface area contributed by atoms with E-state index < -0.39 is 11.6 Å². The predicted octanol–water partition coefficient (Wildman–Crippen LogP) is 1.59. The minimum atomic E-state index is -0.548. The highest BCUT2D eigenvalue weighted by molar-refractivity contribution is 5.82. The van der Waals surface area contributed by atoms with Gasteiger partial charge in [-0.05, 0) is 32.9 Å². The summed E-state index contributed by atoms with van der Waals surface area (Å²) < 4.78 is 12.1. The van der Waals surface area contributed by atoms with Gasteiger partial charge in [0.15, 0.2) is 6.61 Å². The molecule has 0 aliphatic heterocycles. The highest BCUT2D eigenvalue weighted by Crippen LogP contribution is 2.22. The van der Waals surface area contributed by atoms with Crippen molar-refractivity contribution >= 4 is 17.0 Å². The van der Waals surface area contributed by atoms with E-state index in [0.717, 1.165) is 0 Å². The molecule has 1 aromatic carbocycles. The van der Waals surface area contributed by atoms with E-state index in [1.165, 1.54) is 4.57 Å². The maximum absolute atomic E-state index is 11.6. The van der Waals surface area contributed by atoms with Gasteiger partial charge in [0.2, 0.25) is 0 Å². The number of para-hydroxylation sites is 1. The number of carbonyl (C=O) groups is 1. The van der Waals surface area contributed by atoms with Crippen molar-refractivity contribution in [1.29, 1.82) is 0 Å². The second kappa shape index (κ2) is 5.03. The monoisotopic (exact) mass is 278 g/mol. The highest BCUT2D eigenvalue weighted by atomic mass is 16.6. The van der Waals surface area contributed by atoms with Crippen LogP contribution in [0.15, 0.2) is 23.0 Å². The summed E-state index contributed by atoms with van der Waals surface area (Å²) in [6.45, 7) is 5.18. The van der Waals surface area contributed by atoms with Crippen molar-refractivity contribution in [2.45, 2.75) is 26.4 Å². The number of benzene rings is 1. The van der Waals surface area contributed by atoms with E-state index in [-0.39, 0.29) is 12.3 Å². The fourth-order valence-corrected chi connectivity index (χ4v) is 1.89. The van der Waals surface area contributed by atoms with Crippen LogP contribution in [0.2, 0.25) is 0 Å². The summed E-state index contributed by atoms with van der Waals surface area (Å²) >= 11 is 0. The minimum absolute atomic E-state index is 0.199. The van der Waals surface area contributed by atoms with Gasteiger partial charge in [0, 0.05) is 7.05 Å². The van der Waals surface area contributed by atoms with E-state index in [2.05, 4.69) is 4.98 Å². The van der Waals surface area contributed by atoms with E-state index >= 15 is 0 Å². The lowest BCUT2D eigenvalue weighted by atomic mass is 10.2. The van der Waals surface area contributed by atoms with Gasteiger partial charge in [-0.15, -0.1) is 0 Å². The molecule has 0 atom stereocenters. The molecular weight excluding hydrogens is 260 g/mol. The molecule has 0 spiro atoms. The van der Waals surface area contributed by atoms with E-state index in [1.54, 1.807) is 46.0 Å². The lowest BCUT2D eigenvalue weighted by Gasteiger charge is -2.19. The maximum atomic E-state index is 11.6. The topological polar surface area (TPSA) is 73.3 Å². The Labute approximate surface area is 116 Å². The molecule has 20 heavy (non-hydrogen) atoms. The number of hydrogen-bond acceptors (Lipinski definition) is 4. The van der Waals surface area contributed by atoms with Crippen LogP contribution in [0.25, 0.3) is 11.0 Å². The number of H-pyrrole nitrogens is 1. The molecule has 0 fully saturated rings. The molecule has 0 aliphatic carbocycles. The molecular formula is C14H18N2O4. The summed E-state index contributed by atoms with van der Waals surface area (Å²) in [4.78, 5) is 25.9. The van der Waals surface area contributed by atoms with Crippen LogP contribution in [0.4, 0.5) is 0 Å². The number of aryl methyl sites for hydroxylation is 1. The standard InChI is InChI=1S/C14H18N2O4/c1-14(2,3)20-11(17)8-19-10-7-5-6-9-12(10)16(4)13(18)15-9/h5-7H,8H2,1-4H3,(H,15,18). The lowest BCUT2D eigenvalue weighted by molar-refractivity contribution is -0.157. The molecule has 2 rings (SSSR count). The molecule has 0 amide bonds. The number of fused-ring (bicyclic) bond motifs is 1. The van der Waals surface area contributed by atoms with Crippen LogP contribution in [-0.2, 0) is 16.6 Å². The van der Waals surface area contributed by atoms with Gasteiger partial charge in [-0.25, -0.2) is 9.59 Å². The summed E-state index contributed by atoms with van der Waals surface area (Å²) in [6.07, 6.45) is 0. The van der Waals surface area contributed by atoms with Crippen molar-refractivity contribution in [3.05, 3.63) is 28.7 Å². The van der Waals surface area contributed by atoms with Crippen molar-refractivity contribution < 1.29 is 14.3 Å². The van der Waals surface area contributed by atoms with Crippen LogP contribution in [-0.4, -0.2) is 27.7 Å². The van der Waals surface area contributed by atoms with Crippen LogP contribution in [0, 0.1) is 0 Å². The molecule has 6 nitrogen and oxygen atoms in total. The van der Waals surface area contributed by atoms with E-state index in [1.807, 2.05) is 0 Å². The average Bonchev–Trinajstić information content (AvgIpc) is 2.61. The van der Waals surface area contributed by atoms with Crippen molar-refractivity contribution in [2.24, 2.45) is 7.05 Å². The average molecular weight is 278 g/mol. The largest absolute Gasteiger partial charge is 0.480 e. The van der Waals surface area contributed by atoms with Gasteiger partial charge in [-0.2, -0.15) is 0 Å². The third kappa shape index (κ3) is 3.01. The van der Waals surface area contributed by atoms with Crippen molar-refractivity contribution in [2.75, 3.05) is 6.61 Å². The number of imidazole rings is 1. The highest BCUT2D eigenvalue weighted by Gasteiger charge is 2.17.